The minimum atomic E-state index is -0.387. The van der Waals surface area contributed by atoms with Gasteiger partial charge in [0.15, 0.2) is 11.5 Å². The fraction of sp³-hybridized carbons (Fsp3) is 0.296. The molecule has 34 heavy (non-hydrogen) atoms. The molecule has 0 saturated heterocycles. The lowest BCUT2D eigenvalue weighted by Crippen LogP contribution is -2.41. The molecule has 7 heteroatoms. The van der Waals surface area contributed by atoms with Crippen LogP contribution in [0.5, 0.6) is 23.0 Å². The minimum Gasteiger partial charge on any atom is -0.497 e. The quantitative estimate of drug-likeness (QED) is 0.405. The molecule has 0 aromatic heterocycles. The second-order valence-electron chi connectivity index (χ2n) is 7.80. The topological polar surface area (TPSA) is 57.2 Å². The van der Waals surface area contributed by atoms with Gasteiger partial charge in [-0.25, -0.2) is 0 Å². The lowest BCUT2D eigenvalue weighted by molar-refractivity contribution is -0.118. The summed E-state index contributed by atoms with van der Waals surface area (Å²) in [5.41, 5.74) is 3.51. The maximum atomic E-state index is 13.6. The van der Waals surface area contributed by atoms with E-state index in [4.69, 9.17) is 30.5 Å². The summed E-state index contributed by atoms with van der Waals surface area (Å²) in [5, 5.41) is 0.439. The average molecular weight is 482 g/mol. The largest absolute Gasteiger partial charge is 0.497 e. The van der Waals surface area contributed by atoms with Crippen molar-refractivity contribution in [3.63, 3.8) is 0 Å². The monoisotopic (exact) mass is 481 g/mol. The van der Waals surface area contributed by atoms with Crippen molar-refractivity contribution in [2.75, 3.05) is 32.3 Å². The van der Waals surface area contributed by atoms with Crippen LogP contribution in [0.1, 0.15) is 36.6 Å². The molecule has 0 spiro atoms. The van der Waals surface area contributed by atoms with E-state index < -0.39 is 0 Å². The first-order chi connectivity index (χ1) is 16.5. The van der Waals surface area contributed by atoms with Gasteiger partial charge in [0.1, 0.15) is 11.5 Å². The molecule has 0 radical (unpaired) electrons. The molecule has 3 aromatic carbocycles. The Morgan fingerprint density at radius 3 is 2.15 bits per heavy atom. The summed E-state index contributed by atoms with van der Waals surface area (Å²) in [6.07, 6.45) is 0.234. The number of ether oxygens (including phenoxy) is 4. The van der Waals surface area contributed by atoms with Crippen LogP contribution in [0, 0.1) is 0 Å². The molecule has 178 valence electrons. The summed E-state index contributed by atoms with van der Waals surface area (Å²) in [5.74, 6) is 2.55. The summed E-state index contributed by atoms with van der Waals surface area (Å²) in [7, 11) is 3.19. The molecule has 4 rings (SSSR count). The third-order valence-corrected chi connectivity index (χ3v) is 6.11. The van der Waals surface area contributed by atoms with Crippen molar-refractivity contribution in [2.24, 2.45) is 0 Å². The number of benzene rings is 3. The van der Waals surface area contributed by atoms with Gasteiger partial charge in [-0.05, 0) is 73.0 Å². The number of rotatable bonds is 8. The van der Waals surface area contributed by atoms with E-state index in [0.717, 1.165) is 22.4 Å². The third kappa shape index (κ3) is 4.50. The number of nitrogens with zero attached hydrogens (tertiary/aromatic N) is 1. The van der Waals surface area contributed by atoms with Gasteiger partial charge in [0.25, 0.3) is 0 Å². The van der Waals surface area contributed by atoms with Crippen molar-refractivity contribution in [2.45, 2.75) is 26.3 Å². The molecule has 0 N–H and O–H groups in total. The highest BCUT2D eigenvalue weighted by Gasteiger charge is 2.36. The number of hydrogen-bond donors (Lipinski definition) is 0. The lowest BCUT2D eigenvalue weighted by Gasteiger charge is -2.38. The second-order valence-corrected chi connectivity index (χ2v) is 8.21. The van der Waals surface area contributed by atoms with E-state index >= 15 is 0 Å². The van der Waals surface area contributed by atoms with Crippen molar-refractivity contribution in [3.8, 4) is 23.0 Å². The first-order valence-corrected chi connectivity index (χ1v) is 11.6. The van der Waals surface area contributed by atoms with E-state index in [0.29, 0.717) is 41.2 Å². The molecule has 3 aromatic rings. The summed E-state index contributed by atoms with van der Waals surface area (Å²) in [6.45, 7) is 4.87. The van der Waals surface area contributed by atoms with Crippen molar-refractivity contribution in [1.29, 1.82) is 0 Å². The van der Waals surface area contributed by atoms with Crippen molar-refractivity contribution in [1.82, 2.24) is 0 Å². The van der Waals surface area contributed by atoms with Crippen LogP contribution in [-0.4, -0.2) is 33.3 Å². The van der Waals surface area contributed by atoms with E-state index in [2.05, 4.69) is 0 Å². The van der Waals surface area contributed by atoms with Crippen molar-refractivity contribution in [3.05, 3.63) is 76.3 Å². The Morgan fingerprint density at radius 1 is 0.882 bits per heavy atom. The Bertz CT molecular complexity index is 1180. The molecule has 0 unspecified atom stereocenters. The molecule has 1 aliphatic rings. The van der Waals surface area contributed by atoms with Gasteiger partial charge >= 0.3 is 0 Å². The standard InChI is InChI=1S/C27H28ClNO5/c1-5-33-24-13-18-14-26(30)29(19-9-12-23(32-4)22(28)15-19)27(21(18)16-25(24)34-6-2)17-7-10-20(31-3)11-8-17/h7-13,15-16,27H,5-6,14H2,1-4H3/t27-/m0/s1. The number of carbonyl (C=O) groups is 1. The first-order valence-electron chi connectivity index (χ1n) is 11.2. The Kier molecular flexibility index (Phi) is 7.17. The van der Waals surface area contributed by atoms with Crippen molar-refractivity contribution >= 4 is 23.2 Å². The average Bonchev–Trinajstić information content (AvgIpc) is 2.84. The van der Waals surface area contributed by atoms with Gasteiger partial charge < -0.3 is 23.8 Å². The van der Waals surface area contributed by atoms with Crippen LogP contribution in [0.15, 0.2) is 54.6 Å². The van der Waals surface area contributed by atoms with Crippen molar-refractivity contribution < 1.29 is 23.7 Å². The summed E-state index contributed by atoms with van der Waals surface area (Å²) < 4.78 is 22.4. The molecule has 0 fully saturated rings. The van der Waals surface area contributed by atoms with Crippen LogP contribution in [0.2, 0.25) is 5.02 Å². The summed E-state index contributed by atoms with van der Waals surface area (Å²) >= 11 is 6.44. The molecule has 1 atom stereocenters. The molecule has 0 saturated carbocycles. The Morgan fingerprint density at radius 2 is 1.56 bits per heavy atom. The van der Waals surface area contributed by atoms with Crippen LogP contribution in [0.25, 0.3) is 0 Å². The summed E-state index contributed by atoms with van der Waals surface area (Å²) in [4.78, 5) is 15.3. The Labute approximate surface area is 205 Å². The van der Waals surface area contributed by atoms with Crippen LogP contribution in [0.4, 0.5) is 5.69 Å². The molecule has 6 nitrogen and oxygen atoms in total. The smallest absolute Gasteiger partial charge is 0.232 e. The maximum Gasteiger partial charge on any atom is 0.232 e. The number of methoxy groups -OCH3 is 2. The van der Waals surface area contributed by atoms with Gasteiger partial charge in [0.2, 0.25) is 5.91 Å². The normalized spacial score (nSPS) is 15.0. The van der Waals surface area contributed by atoms with Gasteiger partial charge in [0.05, 0.1) is 44.9 Å². The minimum absolute atomic E-state index is 0.0406. The number of amides is 1. The van der Waals surface area contributed by atoms with Crippen LogP contribution >= 0.6 is 11.6 Å². The molecule has 0 aliphatic carbocycles. The van der Waals surface area contributed by atoms with E-state index in [1.165, 1.54) is 0 Å². The number of anilines is 1. The number of halogens is 1. The molecular weight excluding hydrogens is 454 g/mol. The highest BCUT2D eigenvalue weighted by molar-refractivity contribution is 6.32. The third-order valence-electron chi connectivity index (χ3n) is 5.81. The number of fused-ring (bicyclic) bond motifs is 1. The van der Waals surface area contributed by atoms with Crippen LogP contribution in [-0.2, 0) is 11.2 Å². The molecular formula is C27H28ClNO5. The lowest BCUT2D eigenvalue weighted by atomic mass is 9.86. The number of carbonyl (C=O) groups excluding carboxylic acids is 1. The Hall–Kier alpha value is -3.38. The van der Waals surface area contributed by atoms with E-state index in [-0.39, 0.29) is 18.4 Å². The highest BCUT2D eigenvalue weighted by Crippen LogP contribution is 2.44. The van der Waals surface area contributed by atoms with Gasteiger partial charge in [-0.3, -0.25) is 4.79 Å². The first kappa shape index (κ1) is 23.8. The van der Waals surface area contributed by atoms with E-state index in [1.54, 1.807) is 31.3 Å². The summed E-state index contributed by atoms with van der Waals surface area (Å²) in [6, 6.07) is 16.6. The molecule has 1 amide bonds. The van der Waals surface area contributed by atoms with Gasteiger partial charge in [0, 0.05) is 5.69 Å². The SMILES string of the molecule is CCOc1cc2c(cc1OCC)[C@H](c1ccc(OC)cc1)N(c1ccc(OC)c(Cl)c1)C(=O)C2. The predicted molar refractivity (Wildman–Crippen MR) is 133 cm³/mol. The molecule has 1 heterocycles. The molecule has 1 aliphatic heterocycles. The zero-order valence-corrected chi connectivity index (χ0v) is 20.5. The second kappa shape index (κ2) is 10.3. The van der Waals surface area contributed by atoms with Gasteiger partial charge in [-0.15, -0.1) is 0 Å². The fourth-order valence-electron chi connectivity index (χ4n) is 4.31. The number of hydrogen-bond acceptors (Lipinski definition) is 5. The van der Waals surface area contributed by atoms with E-state index in [9.17, 15) is 4.79 Å². The van der Waals surface area contributed by atoms with Gasteiger partial charge in [-0.1, -0.05) is 23.7 Å². The van der Waals surface area contributed by atoms with Crippen LogP contribution in [0.3, 0.4) is 0 Å². The zero-order chi connectivity index (χ0) is 24.2. The zero-order valence-electron chi connectivity index (χ0n) is 19.8. The van der Waals surface area contributed by atoms with Gasteiger partial charge in [-0.2, -0.15) is 0 Å². The molecule has 0 bridgehead atoms. The fourth-order valence-corrected chi connectivity index (χ4v) is 4.56. The van der Waals surface area contributed by atoms with Crippen LogP contribution < -0.4 is 23.8 Å². The highest BCUT2D eigenvalue weighted by atomic mass is 35.5. The predicted octanol–water partition coefficient (Wildman–Crippen LogP) is 5.83. The maximum absolute atomic E-state index is 13.6. The van der Waals surface area contributed by atoms with E-state index in [1.807, 2.05) is 56.3 Å². The Balaban J connectivity index is 1.91.